The maximum absolute atomic E-state index is 12.2. The Balaban J connectivity index is 1.65. The molecule has 6 heteroatoms. The number of carbonyl (C=O) groups excluding carboxylic acids is 1. The maximum Gasteiger partial charge on any atom is 0.319 e. The number of hydrogen-bond donors (Lipinski definition) is 1. The predicted octanol–water partition coefficient (Wildman–Crippen LogP) is 1.02. The fourth-order valence-electron chi connectivity index (χ4n) is 3.69. The SMILES string of the molecule is CN(C)C(=O)N1CC[C@]2(O)CCN(Cc3ccccn3)C[C@@H]2C1. The zero-order valence-corrected chi connectivity index (χ0v) is 14.0. The average molecular weight is 318 g/mol. The van der Waals surface area contributed by atoms with Crippen molar-refractivity contribution in [1.29, 1.82) is 0 Å². The van der Waals surface area contributed by atoms with Gasteiger partial charge in [-0.3, -0.25) is 9.88 Å². The highest BCUT2D eigenvalue weighted by atomic mass is 16.3. The number of nitrogens with zero attached hydrogens (tertiary/aromatic N) is 4. The van der Waals surface area contributed by atoms with E-state index in [1.165, 1.54) is 0 Å². The molecule has 2 aliphatic rings. The molecular formula is C17H26N4O2. The summed E-state index contributed by atoms with van der Waals surface area (Å²) in [7, 11) is 3.55. The Kier molecular flexibility index (Phi) is 4.55. The first-order chi connectivity index (χ1) is 11.0. The van der Waals surface area contributed by atoms with Crippen molar-refractivity contribution < 1.29 is 9.90 Å². The summed E-state index contributed by atoms with van der Waals surface area (Å²) in [6, 6.07) is 5.99. The van der Waals surface area contributed by atoms with E-state index in [-0.39, 0.29) is 11.9 Å². The van der Waals surface area contributed by atoms with Crippen LogP contribution in [-0.4, -0.2) is 76.7 Å². The second-order valence-electron chi connectivity index (χ2n) is 6.98. The van der Waals surface area contributed by atoms with Crippen molar-refractivity contribution in [2.24, 2.45) is 5.92 Å². The summed E-state index contributed by atoms with van der Waals surface area (Å²) in [6.07, 6.45) is 3.26. The van der Waals surface area contributed by atoms with Gasteiger partial charge >= 0.3 is 6.03 Å². The zero-order valence-electron chi connectivity index (χ0n) is 14.0. The van der Waals surface area contributed by atoms with Crippen molar-refractivity contribution in [3.63, 3.8) is 0 Å². The minimum atomic E-state index is -0.621. The highest BCUT2D eigenvalue weighted by molar-refractivity contribution is 5.74. The van der Waals surface area contributed by atoms with Crippen LogP contribution in [0.4, 0.5) is 4.79 Å². The molecule has 2 aliphatic heterocycles. The molecule has 0 aromatic carbocycles. The zero-order chi connectivity index (χ0) is 16.4. The molecule has 6 nitrogen and oxygen atoms in total. The third kappa shape index (κ3) is 3.48. The largest absolute Gasteiger partial charge is 0.389 e. The second kappa shape index (κ2) is 6.45. The summed E-state index contributed by atoms with van der Waals surface area (Å²) in [5.74, 6) is 0.109. The third-order valence-electron chi connectivity index (χ3n) is 5.12. The van der Waals surface area contributed by atoms with Crippen molar-refractivity contribution in [2.75, 3.05) is 40.3 Å². The van der Waals surface area contributed by atoms with Crippen LogP contribution in [0.3, 0.4) is 0 Å². The summed E-state index contributed by atoms with van der Waals surface area (Å²) in [6.45, 7) is 3.76. The molecule has 2 amide bonds. The van der Waals surface area contributed by atoms with Crippen LogP contribution in [0, 0.1) is 5.92 Å². The van der Waals surface area contributed by atoms with Crippen LogP contribution < -0.4 is 0 Å². The fraction of sp³-hybridized carbons (Fsp3) is 0.647. The normalized spacial score (nSPS) is 28.3. The molecule has 126 valence electrons. The van der Waals surface area contributed by atoms with Crippen LogP contribution in [0.5, 0.6) is 0 Å². The molecule has 0 unspecified atom stereocenters. The summed E-state index contributed by atoms with van der Waals surface area (Å²) < 4.78 is 0. The van der Waals surface area contributed by atoms with Crippen LogP contribution in [0.2, 0.25) is 0 Å². The standard InChI is InChI=1S/C17H26N4O2/c1-19(2)16(22)21-10-7-17(23)6-9-20(11-14(17)12-21)13-15-5-3-4-8-18-15/h3-5,8,14,23H,6-7,9-13H2,1-2H3/t14-,17-/m1/s1. The maximum atomic E-state index is 12.2. The summed E-state index contributed by atoms with van der Waals surface area (Å²) in [5.41, 5.74) is 0.430. The van der Waals surface area contributed by atoms with E-state index >= 15 is 0 Å². The molecular weight excluding hydrogens is 292 g/mol. The average Bonchev–Trinajstić information content (AvgIpc) is 2.55. The van der Waals surface area contributed by atoms with Crippen molar-refractivity contribution in [1.82, 2.24) is 19.7 Å². The lowest BCUT2D eigenvalue weighted by molar-refractivity contribution is -0.108. The summed E-state index contributed by atoms with van der Waals surface area (Å²) in [4.78, 5) is 22.4. The van der Waals surface area contributed by atoms with Crippen LogP contribution in [0.1, 0.15) is 18.5 Å². The Labute approximate surface area is 137 Å². The topological polar surface area (TPSA) is 59.9 Å². The van der Waals surface area contributed by atoms with Gasteiger partial charge in [-0.15, -0.1) is 0 Å². The lowest BCUT2D eigenvalue weighted by Crippen LogP contribution is -2.61. The van der Waals surface area contributed by atoms with Crippen molar-refractivity contribution in [3.8, 4) is 0 Å². The third-order valence-corrected chi connectivity index (χ3v) is 5.12. The van der Waals surface area contributed by atoms with Gasteiger partial charge < -0.3 is 14.9 Å². The molecule has 0 aliphatic carbocycles. The number of fused-ring (bicyclic) bond motifs is 1. The molecule has 0 bridgehead atoms. The van der Waals surface area contributed by atoms with Gasteiger partial charge in [-0.25, -0.2) is 4.79 Å². The molecule has 1 aromatic rings. The monoisotopic (exact) mass is 318 g/mol. The van der Waals surface area contributed by atoms with E-state index in [9.17, 15) is 9.90 Å². The number of aromatic nitrogens is 1. The summed E-state index contributed by atoms with van der Waals surface area (Å²) >= 11 is 0. The van der Waals surface area contributed by atoms with E-state index in [1.54, 1.807) is 19.0 Å². The molecule has 0 spiro atoms. The van der Waals surface area contributed by atoms with Gasteiger partial charge in [0.15, 0.2) is 0 Å². The Morgan fingerprint density at radius 2 is 2.13 bits per heavy atom. The molecule has 2 atom stereocenters. The number of pyridine rings is 1. The van der Waals surface area contributed by atoms with Gasteiger partial charge in [0.2, 0.25) is 0 Å². The molecule has 2 fully saturated rings. The van der Waals surface area contributed by atoms with E-state index in [0.717, 1.165) is 31.7 Å². The number of aliphatic hydroxyl groups is 1. The molecule has 1 N–H and O–H groups in total. The molecule has 0 saturated carbocycles. The highest BCUT2D eigenvalue weighted by Gasteiger charge is 2.46. The van der Waals surface area contributed by atoms with Gasteiger partial charge in [-0.1, -0.05) is 6.07 Å². The van der Waals surface area contributed by atoms with Crippen LogP contribution in [0.15, 0.2) is 24.4 Å². The Morgan fingerprint density at radius 1 is 1.35 bits per heavy atom. The minimum Gasteiger partial charge on any atom is -0.389 e. The van der Waals surface area contributed by atoms with Crippen LogP contribution >= 0.6 is 0 Å². The number of amides is 2. The number of rotatable bonds is 2. The number of carbonyl (C=O) groups is 1. The molecule has 1 aromatic heterocycles. The quantitative estimate of drug-likeness (QED) is 0.884. The van der Waals surface area contributed by atoms with E-state index < -0.39 is 5.60 Å². The van der Waals surface area contributed by atoms with Crippen molar-refractivity contribution in [3.05, 3.63) is 30.1 Å². The number of urea groups is 1. The molecule has 2 saturated heterocycles. The first-order valence-corrected chi connectivity index (χ1v) is 8.29. The van der Waals surface area contributed by atoms with Crippen molar-refractivity contribution in [2.45, 2.75) is 25.0 Å². The van der Waals surface area contributed by atoms with E-state index in [0.29, 0.717) is 19.5 Å². The van der Waals surface area contributed by atoms with E-state index in [4.69, 9.17) is 0 Å². The minimum absolute atomic E-state index is 0.0360. The van der Waals surface area contributed by atoms with Gasteiger partial charge in [0.25, 0.3) is 0 Å². The Hall–Kier alpha value is -1.66. The van der Waals surface area contributed by atoms with Gasteiger partial charge in [-0.05, 0) is 25.0 Å². The summed E-state index contributed by atoms with van der Waals surface area (Å²) in [5, 5.41) is 10.9. The Morgan fingerprint density at radius 3 is 2.83 bits per heavy atom. The van der Waals surface area contributed by atoms with Gasteiger partial charge in [0, 0.05) is 58.9 Å². The van der Waals surface area contributed by atoms with Gasteiger partial charge in [0.05, 0.1) is 11.3 Å². The first kappa shape index (κ1) is 16.2. The molecule has 23 heavy (non-hydrogen) atoms. The highest BCUT2D eigenvalue weighted by Crippen LogP contribution is 2.36. The number of piperidine rings is 2. The fourth-order valence-corrected chi connectivity index (χ4v) is 3.69. The molecule has 3 heterocycles. The smallest absolute Gasteiger partial charge is 0.319 e. The Bertz CT molecular complexity index is 551. The van der Waals surface area contributed by atoms with Gasteiger partial charge in [-0.2, -0.15) is 0 Å². The molecule has 3 rings (SSSR count). The van der Waals surface area contributed by atoms with E-state index in [1.807, 2.05) is 29.3 Å². The lowest BCUT2D eigenvalue weighted by Gasteiger charge is -2.50. The van der Waals surface area contributed by atoms with Crippen LogP contribution in [0.25, 0.3) is 0 Å². The van der Waals surface area contributed by atoms with E-state index in [2.05, 4.69) is 9.88 Å². The first-order valence-electron chi connectivity index (χ1n) is 8.29. The number of hydrogen-bond acceptors (Lipinski definition) is 4. The molecule has 0 radical (unpaired) electrons. The van der Waals surface area contributed by atoms with Crippen LogP contribution in [-0.2, 0) is 6.54 Å². The predicted molar refractivity (Wildman–Crippen MR) is 87.8 cm³/mol. The second-order valence-corrected chi connectivity index (χ2v) is 6.98. The van der Waals surface area contributed by atoms with Gasteiger partial charge in [0.1, 0.15) is 0 Å². The van der Waals surface area contributed by atoms with Crippen molar-refractivity contribution >= 4 is 6.03 Å². The number of likely N-dealkylation sites (tertiary alicyclic amines) is 2. The lowest BCUT2D eigenvalue weighted by atomic mass is 9.75.